The van der Waals surface area contributed by atoms with Gasteiger partial charge < -0.3 is 24.7 Å². The quantitative estimate of drug-likeness (QED) is 0.503. The Labute approximate surface area is 189 Å². The number of anilines is 1. The summed E-state index contributed by atoms with van der Waals surface area (Å²) in [6.07, 6.45) is 5.11. The first kappa shape index (κ1) is 22.0. The van der Waals surface area contributed by atoms with Gasteiger partial charge in [0.25, 0.3) is 5.91 Å². The van der Waals surface area contributed by atoms with Gasteiger partial charge in [-0.1, -0.05) is 41.7 Å². The number of piperidine rings is 1. The molecule has 2 N–H and O–H groups in total. The first-order valence-electron chi connectivity index (χ1n) is 10.5. The van der Waals surface area contributed by atoms with E-state index in [9.17, 15) is 9.59 Å². The number of carbonyl (C=O) groups excluding carboxylic acids is 2. The van der Waals surface area contributed by atoms with Gasteiger partial charge >= 0.3 is 5.97 Å². The van der Waals surface area contributed by atoms with Crippen molar-refractivity contribution in [3.63, 3.8) is 0 Å². The summed E-state index contributed by atoms with van der Waals surface area (Å²) in [6, 6.07) is 9.72. The molecule has 1 saturated heterocycles. The number of carbonyl (C=O) groups is 2. The lowest BCUT2D eigenvalue weighted by Gasteiger charge is -2.38. The number of aromatic nitrogens is 3. The molecular formula is C22H25N5O4S. The third-order valence-corrected chi connectivity index (χ3v) is 6.17. The maximum Gasteiger partial charge on any atom is 0.350 e. The van der Waals surface area contributed by atoms with Crippen LogP contribution in [0.1, 0.15) is 39.2 Å². The molecular weight excluding hydrogens is 430 g/mol. The predicted octanol–water partition coefficient (Wildman–Crippen LogP) is 2.64. The normalized spacial score (nSPS) is 18.3. The van der Waals surface area contributed by atoms with E-state index in [4.69, 9.17) is 9.47 Å². The van der Waals surface area contributed by atoms with Gasteiger partial charge in [-0.05, 0) is 18.9 Å². The Balaban J connectivity index is 1.46. The molecule has 0 aliphatic carbocycles. The van der Waals surface area contributed by atoms with Crippen molar-refractivity contribution in [2.75, 3.05) is 24.6 Å². The van der Waals surface area contributed by atoms with E-state index in [1.54, 1.807) is 25.5 Å². The van der Waals surface area contributed by atoms with Crippen molar-refractivity contribution < 1.29 is 19.1 Å². The van der Waals surface area contributed by atoms with E-state index in [0.717, 1.165) is 10.7 Å². The van der Waals surface area contributed by atoms with Crippen molar-refractivity contribution >= 4 is 28.3 Å². The minimum absolute atomic E-state index is 0.183. The van der Waals surface area contributed by atoms with E-state index in [1.165, 1.54) is 11.3 Å². The highest BCUT2D eigenvalue weighted by molar-refractivity contribution is 7.17. The lowest BCUT2D eigenvalue weighted by Crippen LogP contribution is -2.55. The number of benzene rings is 1. The molecule has 10 heteroatoms. The molecule has 1 fully saturated rings. The number of esters is 1. The number of aromatic amines is 1. The summed E-state index contributed by atoms with van der Waals surface area (Å²) in [7, 11) is 0. The maximum absolute atomic E-state index is 12.5. The van der Waals surface area contributed by atoms with Crippen LogP contribution in [-0.4, -0.2) is 58.7 Å². The molecule has 9 nitrogen and oxygen atoms in total. The van der Waals surface area contributed by atoms with Crippen LogP contribution in [0, 0.1) is 0 Å². The Morgan fingerprint density at radius 3 is 2.88 bits per heavy atom. The number of ether oxygens (including phenoxy) is 2. The summed E-state index contributed by atoms with van der Waals surface area (Å²) < 4.78 is 11.3. The molecule has 1 aliphatic rings. The monoisotopic (exact) mass is 455 g/mol. The molecule has 3 heterocycles. The molecule has 4 rings (SSSR count). The molecule has 2 atom stereocenters. The van der Waals surface area contributed by atoms with E-state index in [1.807, 2.05) is 30.3 Å². The van der Waals surface area contributed by atoms with Gasteiger partial charge in [0.1, 0.15) is 4.88 Å². The number of hydrogen-bond donors (Lipinski definition) is 2. The lowest BCUT2D eigenvalue weighted by molar-refractivity contribution is 0.00961. The van der Waals surface area contributed by atoms with Crippen molar-refractivity contribution in [3.05, 3.63) is 65.2 Å². The topological polar surface area (TPSA) is 109 Å². The highest BCUT2D eigenvalue weighted by Crippen LogP contribution is 2.27. The second-order valence-corrected chi connectivity index (χ2v) is 8.32. The molecule has 0 unspecified atom stereocenters. The standard InChI is InChI=1S/C22H25N5O4S/c1-2-30-21(29)18-12-25-22(32-18)27-11-8-16(26-20(28)19-23-9-10-24-19)17(13-27)31-14-15-6-4-3-5-7-15/h3-7,9-10,12,16-17H,2,8,11,13-14H2,1H3,(H,23,24)(H,26,28)/t16-,17+/m1/s1. The highest BCUT2D eigenvalue weighted by Gasteiger charge is 2.33. The molecule has 2 aromatic heterocycles. The Morgan fingerprint density at radius 1 is 1.28 bits per heavy atom. The maximum atomic E-state index is 12.5. The van der Waals surface area contributed by atoms with Crippen LogP contribution >= 0.6 is 11.3 Å². The van der Waals surface area contributed by atoms with Gasteiger partial charge in [0.2, 0.25) is 0 Å². The van der Waals surface area contributed by atoms with Gasteiger partial charge in [0.05, 0.1) is 31.6 Å². The van der Waals surface area contributed by atoms with Crippen LogP contribution in [0.3, 0.4) is 0 Å². The van der Waals surface area contributed by atoms with Crippen LogP contribution < -0.4 is 10.2 Å². The molecule has 0 radical (unpaired) electrons. The van der Waals surface area contributed by atoms with Crippen molar-refractivity contribution in [2.45, 2.75) is 32.1 Å². The van der Waals surface area contributed by atoms with Crippen LogP contribution in [0.15, 0.2) is 48.9 Å². The Hall–Kier alpha value is -3.24. The molecule has 3 aromatic rings. The summed E-state index contributed by atoms with van der Waals surface area (Å²) in [5.41, 5.74) is 1.06. The largest absolute Gasteiger partial charge is 0.462 e. The lowest BCUT2D eigenvalue weighted by atomic mass is 10.0. The summed E-state index contributed by atoms with van der Waals surface area (Å²) in [4.78, 5) is 38.4. The smallest absolute Gasteiger partial charge is 0.350 e. The number of hydrogen-bond acceptors (Lipinski definition) is 8. The Bertz CT molecular complexity index is 1020. The SMILES string of the molecule is CCOC(=O)c1cnc(N2CC[C@@H](NC(=O)c3ncc[nH]3)[C@@H](OCc3ccccc3)C2)s1. The second-order valence-electron chi connectivity index (χ2n) is 7.32. The van der Waals surface area contributed by atoms with E-state index in [0.29, 0.717) is 37.6 Å². The van der Waals surface area contributed by atoms with Gasteiger partial charge in [-0.25, -0.2) is 14.8 Å². The molecule has 1 amide bonds. The van der Waals surface area contributed by atoms with E-state index in [-0.39, 0.29) is 29.8 Å². The average molecular weight is 456 g/mol. The number of rotatable bonds is 8. The molecule has 1 aromatic carbocycles. The highest BCUT2D eigenvalue weighted by atomic mass is 32.1. The van der Waals surface area contributed by atoms with Gasteiger partial charge in [-0.2, -0.15) is 0 Å². The van der Waals surface area contributed by atoms with Crippen LogP contribution in [0.4, 0.5) is 5.13 Å². The molecule has 0 spiro atoms. The van der Waals surface area contributed by atoms with Crippen LogP contribution in [0.25, 0.3) is 0 Å². The van der Waals surface area contributed by atoms with Crippen LogP contribution in [0.2, 0.25) is 0 Å². The molecule has 0 bridgehead atoms. The summed E-state index contributed by atoms with van der Waals surface area (Å²) in [5, 5.41) is 3.78. The van der Waals surface area contributed by atoms with Gasteiger partial charge in [-0.3, -0.25) is 4.79 Å². The zero-order valence-electron chi connectivity index (χ0n) is 17.7. The zero-order chi connectivity index (χ0) is 22.3. The Morgan fingerprint density at radius 2 is 2.12 bits per heavy atom. The Kier molecular flexibility index (Phi) is 7.13. The summed E-state index contributed by atoms with van der Waals surface area (Å²) in [6.45, 7) is 3.73. The van der Waals surface area contributed by atoms with E-state index < -0.39 is 0 Å². The van der Waals surface area contributed by atoms with Crippen LogP contribution in [0.5, 0.6) is 0 Å². The minimum atomic E-state index is -0.367. The fraction of sp³-hybridized carbons (Fsp3) is 0.364. The van der Waals surface area contributed by atoms with Gasteiger partial charge in [0.15, 0.2) is 11.0 Å². The van der Waals surface area contributed by atoms with Crippen molar-refractivity contribution in [3.8, 4) is 0 Å². The number of thiazole rings is 1. The first-order valence-corrected chi connectivity index (χ1v) is 11.3. The molecule has 168 valence electrons. The first-order chi connectivity index (χ1) is 15.6. The average Bonchev–Trinajstić information content (AvgIpc) is 3.52. The third kappa shape index (κ3) is 5.32. The number of H-pyrrole nitrogens is 1. The fourth-order valence-corrected chi connectivity index (χ4v) is 4.38. The zero-order valence-corrected chi connectivity index (χ0v) is 18.5. The van der Waals surface area contributed by atoms with Crippen molar-refractivity contribution in [1.29, 1.82) is 0 Å². The summed E-state index contributed by atoms with van der Waals surface area (Å²) in [5.74, 6) is -0.359. The van der Waals surface area contributed by atoms with Crippen molar-refractivity contribution in [1.82, 2.24) is 20.3 Å². The number of nitrogens with one attached hydrogen (secondary N) is 2. The molecule has 1 aliphatic heterocycles. The van der Waals surface area contributed by atoms with Gasteiger partial charge in [0, 0.05) is 25.5 Å². The molecule has 32 heavy (non-hydrogen) atoms. The van der Waals surface area contributed by atoms with Crippen molar-refractivity contribution in [2.24, 2.45) is 0 Å². The third-order valence-electron chi connectivity index (χ3n) is 5.14. The molecule has 0 saturated carbocycles. The minimum Gasteiger partial charge on any atom is -0.462 e. The fourth-order valence-electron chi connectivity index (χ4n) is 3.54. The number of nitrogens with zero attached hydrogens (tertiary/aromatic N) is 3. The van der Waals surface area contributed by atoms with Gasteiger partial charge in [-0.15, -0.1) is 0 Å². The predicted molar refractivity (Wildman–Crippen MR) is 120 cm³/mol. The second kappa shape index (κ2) is 10.4. The summed E-state index contributed by atoms with van der Waals surface area (Å²) >= 11 is 1.30. The van der Waals surface area contributed by atoms with E-state index >= 15 is 0 Å². The number of imidazole rings is 1. The van der Waals surface area contributed by atoms with E-state index in [2.05, 4.69) is 25.2 Å². The van der Waals surface area contributed by atoms with Crippen LogP contribution in [-0.2, 0) is 16.1 Å². The number of amides is 1.